The number of halogens is 3. The molecule has 0 aliphatic heterocycles. The van der Waals surface area contributed by atoms with Crippen molar-refractivity contribution < 1.29 is 17.9 Å². The van der Waals surface area contributed by atoms with Crippen molar-refractivity contribution in [2.24, 2.45) is 0 Å². The lowest BCUT2D eigenvalue weighted by atomic mass is 10.1. The number of hydrogen-bond acceptors (Lipinski definition) is 3. The van der Waals surface area contributed by atoms with Gasteiger partial charge in [0.25, 0.3) is 0 Å². The molecule has 6 heteroatoms. The Morgan fingerprint density at radius 1 is 1.24 bits per heavy atom. The number of ether oxygens (including phenoxy) is 1. The Morgan fingerprint density at radius 3 is 2.43 bits per heavy atom. The number of alkyl halides is 3. The fourth-order valence-corrected chi connectivity index (χ4v) is 1.74. The van der Waals surface area contributed by atoms with Crippen LogP contribution in [0.2, 0.25) is 0 Å². The lowest BCUT2D eigenvalue weighted by molar-refractivity contribution is -0.190. The third-order valence-electron chi connectivity index (χ3n) is 2.89. The van der Waals surface area contributed by atoms with Crippen molar-refractivity contribution in [1.82, 2.24) is 10.3 Å². The van der Waals surface area contributed by atoms with Gasteiger partial charge in [-0.2, -0.15) is 13.2 Å². The van der Waals surface area contributed by atoms with Crippen LogP contribution < -0.4 is 10.1 Å². The van der Waals surface area contributed by atoms with Crippen molar-refractivity contribution in [2.75, 3.05) is 0 Å². The van der Waals surface area contributed by atoms with E-state index in [1.807, 2.05) is 26.8 Å². The lowest BCUT2D eigenvalue weighted by Crippen LogP contribution is -2.31. The van der Waals surface area contributed by atoms with Gasteiger partial charge in [0.15, 0.2) is 6.10 Å². The van der Waals surface area contributed by atoms with Crippen LogP contribution >= 0.6 is 0 Å². The largest absolute Gasteiger partial charge is 0.465 e. The number of aromatic nitrogens is 1. The van der Waals surface area contributed by atoms with E-state index in [0.717, 1.165) is 24.6 Å². The first-order chi connectivity index (χ1) is 9.72. The fourth-order valence-electron chi connectivity index (χ4n) is 1.74. The molecule has 1 unspecified atom stereocenters. The minimum absolute atomic E-state index is 0.0336. The Labute approximate surface area is 123 Å². The van der Waals surface area contributed by atoms with Gasteiger partial charge in [-0.15, -0.1) is 0 Å². The van der Waals surface area contributed by atoms with Gasteiger partial charge in [-0.3, -0.25) is 0 Å². The summed E-state index contributed by atoms with van der Waals surface area (Å²) in [4.78, 5) is 4.15. The molecule has 1 atom stereocenters. The number of nitrogens with one attached hydrogen (secondary N) is 1. The highest BCUT2D eigenvalue weighted by atomic mass is 19.4. The number of pyridine rings is 1. The second-order valence-corrected chi connectivity index (χ2v) is 5.39. The van der Waals surface area contributed by atoms with E-state index in [-0.39, 0.29) is 5.88 Å². The zero-order valence-electron chi connectivity index (χ0n) is 12.9. The molecule has 0 saturated carbocycles. The molecule has 0 aliphatic carbocycles. The highest BCUT2D eigenvalue weighted by molar-refractivity contribution is 5.25. The molecule has 120 valence electrons. The van der Waals surface area contributed by atoms with Crippen LogP contribution in [0.4, 0.5) is 13.2 Å². The Hall–Kier alpha value is -1.30. The molecule has 0 spiro atoms. The van der Waals surface area contributed by atoms with E-state index in [2.05, 4.69) is 10.3 Å². The first kappa shape index (κ1) is 17.8. The average molecular weight is 304 g/mol. The first-order valence-corrected chi connectivity index (χ1v) is 7.19. The molecule has 1 aromatic heterocycles. The quantitative estimate of drug-likeness (QED) is 0.830. The predicted molar refractivity (Wildman–Crippen MR) is 76.4 cm³/mol. The summed E-state index contributed by atoms with van der Waals surface area (Å²) in [6.07, 6.45) is -4.67. The van der Waals surface area contributed by atoms with Crippen molar-refractivity contribution in [3.63, 3.8) is 0 Å². The summed E-state index contributed by atoms with van der Waals surface area (Å²) < 4.78 is 42.7. The molecule has 0 radical (unpaired) electrons. The smallest absolute Gasteiger partial charge is 0.425 e. The highest BCUT2D eigenvalue weighted by Gasteiger charge is 2.38. The second kappa shape index (κ2) is 7.64. The maximum absolute atomic E-state index is 12.6. The van der Waals surface area contributed by atoms with E-state index < -0.39 is 12.3 Å². The van der Waals surface area contributed by atoms with Crippen molar-refractivity contribution in [3.05, 3.63) is 23.4 Å². The molecule has 1 rings (SSSR count). The van der Waals surface area contributed by atoms with Crippen LogP contribution in [0, 0.1) is 0 Å². The molecule has 0 bridgehead atoms. The number of hydrogen-bond donors (Lipinski definition) is 1. The minimum atomic E-state index is -4.39. The topological polar surface area (TPSA) is 34.1 Å². The molecule has 0 aromatic carbocycles. The fraction of sp³-hybridized carbons (Fsp3) is 0.667. The van der Waals surface area contributed by atoms with Gasteiger partial charge in [0.05, 0.1) is 0 Å². The molecule has 0 amide bonds. The second-order valence-electron chi connectivity index (χ2n) is 5.39. The third-order valence-corrected chi connectivity index (χ3v) is 2.89. The third kappa shape index (κ3) is 6.33. The van der Waals surface area contributed by atoms with Crippen molar-refractivity contribution in [2.45, 2.75) is 65.4 Å². The monoisotopic (exact) mass is 304 g/mol. The van der Waals surface area contributed by atoms with Gasteiger partial charge in [-0.25, -0.2) is 4.98 Å². The molecular weight excluding hydrogens is 281 g/mol. The molecular formula is C15H23F3N2O. The number of rotatable bonds is 7. The van der Waals surface area contributed by atoms with Crippen LogP contribution in [0.25, 0.3) is 0 Å². The van der Waals surface area contributed by atoms with Gasteiger partial charge in [-0.1, -0.05) is 27.2 Å². The predicted octanol–water partition coefficient (Wildman–Crippen LogP) is 3.86. The van der Waals surface area contributed by atoms with E-state index in [9.17, 15) is 13.2 Å². The standard InChI is InChI=1S/C15H23F3N2O/c1-5-6-13-7-12(9-19-10(2)3)8-14(20-13)21-11(4)15(16,17)18/h7-8,10-11,19H,5-6,9H2,1-4H3. The Bertz CT molecular complexity index is 447. The Kier molecular flexibility index (Phi) is 6.45. The SMILES string of the molecule is CCCc1cc(CNC(C)C)cc(OC(C)C(F)(F)F)n1. The molecule has 1 N–H and O–H groups in total. The van der Waals surface area contributed by atoms with Crippen molar-refractivity contribution in [3.8, 4) is 5.88 Å². The van der Waals surface area contributed by atoms with Crippen LogP contribution in [0.5, 0.6) is 5.88 Å². The molecule has 1 heterocycles. The van der Waals surface area contributed by atoms with Crippen LogP contribution in [-0.4, -0.2) is 23.3 Å². The Balaban J connectivity index is 2.91. The maximum Gasteiger partial charge on any atom is 0.425 e. The molecule has 0 aliphatic rings. The maximum atomic E-state index is 12.6. The molecule has 1 aromatic rings. The Morgan fingerprint density at radius 2 is 1.90 bits per heavy atom. The van der Waals surface area contributed by atoms with Crippen molar-refractivity contribution >= 4 is 0 Å². The molecule has 21 heavy (non-hydrogen) atoms. The number of nitrogens with zero attached hydrogens (tertiary/aromatic N) is 1. The summed E-state index contributed by atoms with van der Waals surface area (Å²) in [5.41, 5.74) is 1.64. The van der Waals surface area contributed by atoms with Gasteiger partial charge < -0.3 is 10.1 Å². The summed E-state index contributed by atoms with van der Waals surface area (Å²) >= 11 is 0. The van der Waals surface area contributed by atoms with Crippen LogP contribution in [0.1, 0.15) is 45.4 Å². The lowest BCUT2D eigenvalue weighted by Gasteiger charge is -2.18. The zero-order chi connectivity index (χ0) is 16.0. The summed E-state index contributed by atoms with van der Waals surface area (Å²) in [7, 11) is 0. The summed E-state index contributed by atoms with van der Waals surface area (Å²) in [6, 6.07) is 3.77. The zero-order valence-corrected chi connectivity index (χ0v) is 12.9. The van der Waals surface area contributed by atoms with Gasteiger partial charge in [0.2, 0.25) is 5.88 Å². The van der Waals surface area contributed by atoms with E-state index in [1.54, 1.807) is 6.07 Å². The first-order valence-electron chi connectivity index (χ1n) is 7.19. The summed E-state index contributed by atoms with van der Waals surface area (Å²) in [5, 5.41) is 3.24. The van der Waals surface area contributed by atoms with Crippen LogP contribution in [-0.2, 0) is 13.0 Å². The molecule has 3 nitrogen and oxygen atoms in total. The minimum Gasteiger partial charge on any atom is -0.465 e. The summed E-state index contributed by atoms with van der Waals surface area (Å²) in [6.45, 7) is 7.59. The molecule has 0 fully saturated rings. The highest BCUT2D eigenvalue weighted by Crippen LogP contribution is 2.25. The van der Waals surface area contributed by atoms with Gasteiger partial charge in [0, 0.05) is 24.3 Å². The summed E-state index contributed by atoms with van der Waals surface area (Å²) in [5.74, 6) is 0.0336. The van der Waals surface area contributed by atoms with Crippen LogP contribution in [0.15, 0.2) is 12.1 Å². The molecule has 0 saturated heterocycles. The average Bonchev–Trinajstić information content (AvgIpc) is 2.35. The normalized spacial score (nSPS) is 13.5. The van der Waals surface area contributed by atoms with Gasteiger partial charge >= 0.3 is 6.18 Å². The van der Waals surface area contributed by atoms with Gasteiger partial charge in [-0.05, 0) is 25.0 Å². The van der Waals surface area contributed by atoms with Crippen molar-refractivity contribution in [1.29, 1.82) is 0 Å². The number of aryl methyl sites for hydroxylation is 1. The van der Waals surface area contributed by atoms with E-state index in [1.165, 1.54) is 0 Å². The van der Waals surface area contributed by atoms with E-state index in [4.69, 9.17) is 4.74 Å². The van der Waals surface area contributed by atoms with Crippen LogP contribution in [0.3, 0.4) is 0 Å². The van der Waals surface area contributed by atoms with Gasteiger partial charge in [0.1, 0.15) is 0 Å². The van der Waals surface area contributed by atoms with E-state index in [0.29, 0.717) is 19.0 Å². The van der Waals surface area contributed by atoms with E-state index >= 15 is 0 Å².